The van der Waals surface area contributed by atoms with Crippen LogP contribution in [0.2, 0.25) is 0 Å². The maximum atomic E-state index is 12.6. The summed E-state index contributed by atoms with van der Waals surface area (Å²) in [5.41, 5.74) is 2.84. The summed E-state index contributed by atoms with van der Waals surface area (Å²) in [5, 5.41) is 15.4. The highest BCUT2D eigenvalue weighted by Gasteiger charge is 2.20. The summed E-state index contributed by atoms with van der Waals surface area (Å²) in [6.45, 7) is 7.16. The SMILES string of the molecule is CCn1c(CNc2ccc(OC)cc2)nnc1SC(C)C(=O)Nc1ccccc1C. The van der Waals surface area contributed by atoms with Crippen molar-refractivity contribution in [3.05, 3.63) is 59.9 Å². The number of hydrogen-bond donors (Lipinski definition) is 2. The number of ether oxygens (including phenoxy) is 1. The molecule has 0 fully saturated rings. The molecule has 1 unspecified atom stereocenters. The molecular weight excluding hydrogens is 398 g/mol. The van der Waals surface area contributed by atoms with Crippen LogP contribution in [-0.2, 0) is 17.9 Å². The van der Waals surface area contributed by atoms with Crippen molar-refractivity contribution in [3.8, 4) is 5.75 Å². The Hall–Kier alpha value is -3.00. The van der Waals surface area contributed by atoms with Crippen LogP contribution in [0, 0.1) is 6.92 Å². The molecular formula is C22H27N5O2S. The van der Waals surface area contributed by atoms with E-state index >= 15 is 0 Å². The predicted molar refractivity (Wildman–Crippen MR) is 121 cm³/mol. The highest BCUT2D eigenvalue weighted by molar-refractivity contribution is 8.00. The van der Waals surface area contributed by atoms with E-state index in [0.29, 0.717) is 6.54 Å². The van der Waals surface area contributed by atoms with Gasteiger partial charge in [0.2, 0.25) is 5.91 Å². The summed E-state index contributed by atoms with van der Waals surface area (Å²) in [7, 11) is 1.65. The van der Waals surface area contributed by atoms with Crippen molar-refractivity contribution in [2.45, 2.75) is 44.3 Å². The number of carbonyl (C=O) groups excluding carboxylic acids is 1. The highest BCUT2D eigenvalue weighted by Crippen LogP contribution is 2.25. The van der Waals surface area contributed by atoms with Crippen LogP contribution in [0.5, 0.6) is 5.75 Å². The zero-order valence-electron chi connectivity index (χ0n) is 17.7. The van der Waals surface area contributed by atoms with Gasteiger partial charge in [-0.25, -0.2) is 0 Å². The van der Waals surface area contributed by atoms with E-state index in [1.165, 1.54) is 11.8 Å². The second-order valence-electron chi connectivity index (χ2n) is 6.79. The van der Waals surface area contributed by atoms with E-state index in [-0.39, 0.29) is 11.2 Å². The van der Waals surface area contributed by atoms with Crippen LogP contribution in [-0.4, -0.2) is 33.0 Å². The molecule has 0 saturated heterocycles. The number of methoxy groups -OCH3 is 1. The number of anilines is 2. The smallest absolute Gasteiger partial charge is 0.237 e. The van der Waals surface area contributed by atoms with Gasteiger partial charge >= 0.3 is 0 Å². The molecule has 158 valence electrons. The van der Waals surface area contributed by atoms with Gasteiger partial charge in [-0.2, -0.15) is 0 Å². The van der Waals surface area contributed by atoms with Gasteiger partial charge in [0.25, 0.3) is 0 Å². The Balaban J connectivity index is 1.62. The van der Waals surface area contributed by atoms with Crippen molar-refractivity contribution >= 4 is 29.0 Å². The molecule has 8 heteroatoms. The summed E-state index contributed by atoms with van der Waals surface area (Å²) >= 11 is 1.41. The van der Waals surface area contributed by atoms with Gasteiger partial charge in [0.15, 0.2) is 11.0 Å². The lowest BCUT2D eigenvalue weighted by molar-refractivity contribution is -0.115. The summed E-state index contributed by atoms with van der Waals surface area (Å²) in [4.78, 5) is 12.6. The second-order valence-corrected chi connectivity index (χ2v) is 8.10. The number of para-hydroxylation sites is 1. The monoisotopic (exact) mass is 425 g/mol. The number of amides is 1. The molecule has 7 nitrogen and oxygen atoms in total. The Morgan fingerprint density at radius 3 is 2.57 bits per heavy atom. The minimum Gasteiger partial charge on any atom is -0.497 e. The molecule has 0 aliphatic rings. The summed E-state index contributed by atoms with van der Waals surface area (Å²) in [6.07, 6.45) is 0. The van der Waals surface area contributed by atoms with Crippen LogP contribution in [0.25, 0.3) is 0 Å². The Morgan fingerprint density at radius 2 is 1.90 bits per heavy atom. The topological polar surface area (TPSA) is 81.1 Å². The minimum absolute atomic E-state index is 0.0575. The number of aryl methyl sites for hydroxylation is 1. The standard InChI is InChI=1S/C22H27N5O2S/c1-5-27-20(14-23-17-10-12-18(29-4)13-11-17)25-26-22(27)30-16(3)21(28)24-19-9-7-6-8-15(19)2/h6-13,16,23H,5,14H2,1-4H3,(H,24,28). The number of thioether (sulfide) groups is 1. The molecule has 0 bridgehead atoms. The third-order valence-corrected chi connectivity index (χ3v) is 5.79. The molecule has 2 N–H and O–H groups in total. The second kappa shape index (κ2) is 10.2. The number of rotatable bonds is 9. The van der Waals surface area contributed by atoms with Crippen molar-refractivity contribution in [2.24, 2.45) is 0 Å². The van der Waals surface area contributed by atoms with Gasteiger partial charge in [-0.1, -0.05) is 30.0 Å². The van der Waals surface area contributed by atoms with Crippen LogP contribution < -0.4 is 15.4 Å². The molecule has 1 atom stereocenters. The Morgan fingerprint density at radius 1 is 1.17 bits per heavy atom. The number of aromatic nitrogens is 3. The summed E-state index contributed by atoms with van der Waals surface area (Å²) < 4.78 is 7.21. The lowest BCUT2D eigenvalue weighted by Gasteiger charge is -2.14. The Bertz CT molecular complexity index is 987. The van der Waals surface area contributed by atoms with E-state index in [9.17, 15) is 4.79 Å². The fourth-order valence-corrected chi connectivity index (χ4v) is 3.84. The number of nitrogens with one attached hydrogen (secondary N) is 2. The lowest BCUT2D eigenvalue weighted by Crippen LogP contribution is -2.23. The molecule has 0 aliphatic carbocycles. The Labute approximate surface area is 181 Å². The zero-order valence-corrected chi connectivity index (χ0v) is 18.5. The largest absolute Gasteiger partial charge is 0.497 e. The molecule has 0 aliphatic heterocycles. The minimum atomic E-state index is -0.304. The first kappa shape index (κ1) is 21.7. The van der Waals surface area contributed by atoms with Crippen molar-refractivity contribution < 1.29 is 9.53 Å². The fraction of sp³-hybridized carbons (Fsp3) is 0.318. The molecule has 30 heavy (non-hydrogen) atoms. The Kier molecular flexibility index (Phi) is 7.35. The van der Waals surface area contributed by atoms with Crippen molar-refractivity contribution in [1.29, 1.82) is 0 Å². The van der Waals surface area contributed by atoms with Gasteiger partial charge in [0.05, 0.1) is 18.9 Å². The number of carbonyl (C=O) groups is 1. The molecule has 2 aromatic carbocycles. The van der Waals surface area contributed by atoms with Gasteiger partial charge < -0.3 is 19.9 Å². The molecule has 3 aromatic rings. The molecule has 0 radical (unpaired) electrons. The molecule has 1 aromatic heterocycles. The van der Waals surface area contributed by atoms with Crippen LogP contribution >= 0.6 is 11.8 Å². The van der Waals surface area contributed by atoms with Gasteiger partial charge in [0.1, 0.15) is 5.75 Å². The van der Waals surface area contributed by atoms with E-state index in [2.05, 4.69) is 20.8 Å². The van der Waals surface area contributed by atoms with E-state index in [0.717, 1.165) is 40.2 Å². The van der Waals surface area contributed by atoms with E-state index in [1.807, 2.05) is 73.9 Å². The molecule has 1 amide bonds. The van der Waals surface area contributed by atoms with Gasteiger partial charge in [0, 0.05) is 17.9 Å². The van der Waals surface area contributed by atoms with Gasteiger partial charge in [-0.15, -0.1) is 10.2 Å². The van der Waals surface area contributed by atoms with Gasteiger partial charge in [-0.05, 0) is 56.7 Å². The summed E-state index contributed by atoms with van der Waals surface area (Å²) in [6, 6.07) is 15.5. The number of nitrogens with zero attached hydrogens (tertiary/aromatic N) is 3. The molecule has 0 spiro atoms. The predicted octanol–water partition coefficient (Wildman–Crippen LogP) is 4.35. The zero-order chi connectivity index (χ0) is 21.5. The first-order valence-corrected chi connectivity index (χ1v) is 10.7. The lowest BCUT2D eigenvalue weighted by atomic mass is 10.2. The normalized spacial score (nSPS) is 11.7. The van der Waals surface area contributed by atoms with Crippen LogP contribution in [0.1, 0.15) is 25.2 Å². The van der Waals surface area contributed by atoms with Crippen molar-refractivity contribution in [3.63, 3.8) is 0 Å². The third-order valence-electron chi connectivity index (χ3n) is 4.70. The summed E-state index contributed by atoms with van der Waals surface area (Å²) in [5.74, 6) is 1.58. The molecule has 3 rings (SSSR count). The first-order chi connectivity index (χ1) is 14.5. The average molecular weight is 426 g/mol. The number of hydrogen-bond acceptors (Lipinski definition) is 6. The van der Waals surface area contributed by atoms with Crippen LogP contribution in [0.15, 0.2) is 53.7 Å². The molecule has 0 saturated carbocycles. The highest BCUT2D eigenvalue weighted by atomic mass is 32.2. The molecule has 1 heterocycles. The fourth-order valence-electron chi connectivity index (χ4n) is 2.90. The van der Waals surface area contributed by atoms with E-state index in [1.54, 1.807) is 7.11 Å². The van der Waals surface area contributed by atoms with E-state index in [4.69, 9.17) is 4.74 Å². The maximum absolute atomic E-state index is 12.6. The van der Waals surface area contributed by atoms with E-state index < -0.39 is 0 Å². The third kappa shape index (κ3) is 5.33. The van der Waals surface area contributed by atoms with Gasteiger partial charge in [-0.3, -0.25) is 4.79 Å². The first-order valence-electron chi connectivity index (χ1n) is 9.85. The maximum Gasteiger partial charge on any atom is 0.237 e. The van der Waals surface area contributed by atoms with Crippen LogP contribution in [0.3, 0.4) is 0 Å². The quantitative estimate of drug-likeness (QED) is 0.496. The van der Waals surface area contributed by atoms with Crippen molar-refractivity contribution in [2.75, 3.05) is 17.7 Å². The van der Waals surface area contributed by atoms with Crippen LogP contribution in [0.4, 0.5) is 11.4 Å². The average Bonchev–Trinajstić information content (AvgIpc) is 3.15. The number of benzene rings is 2. The van der Waals surface area contributed by atoms with Crippen molar-refractivity contribution in [1.82, 2.24) is 14.8 Å².